The topological polar surface area (TPSA) is 55.0 Å². The molecule has 0 fully saturated rings. The number of para-hydroxylation sites is 1. The van der Waals surface area contributed by atoms with E-state index >= 15 is 0 Å². The molecule has 2 aromatic heterocycles. The van der Waals surface area contributed by atoms with E-state index in [9.17, 15) is 4.79 Å². The van der Waals surface area contributed by atoms with Crippen LogP contribution in [0.25, 0.3) is 11.0 Å². The fraction of sp³-hybridized carbons (Fsp3) is 0.125. The molecule has 1 N–H and O–H groups in total. The lowest BCUT2D eigenvalue weighted by Crippen LogP contribution is -2.14. The molecule has 3 aromatic rings. The quantitative estimate of drug-likeness (QED) is 0.736. The Morgan fingerprint density at radius 3 is 3.10 bits per heavy atom. The van der Waals surface area contributed by atoms with Crippen molar-refractivity contribution < 1.29 is 9.53 Å². The first-order valence-corrected chi connectivity index (χ1v) is 7.01. The minimum Gasteiger partial charge on any atom is -0.492 e. The highest BCUT2D eigenvalue weighted by Gasteiger charge is 2.32. The van der Waals surface area contributed by atoms with Crippen molar-refractivity contribution in [2.24, 2.45) is 0 Å². The monoisotopic (exact) mass is 298 g/mol. The number of carbonyl (C=O) groups is 1. The predicted molar refractivity (Wildman–Crippen MR) is 80.1 cm³/mol. The van der Waals surface area contributed by atoms with Crippen LogP contribution >= 0.6 is 11.6 Å². The average molecular weight is 299 g/mol. The van der Waals surface area contributed by atoms with Gasteiger partial charge in [0, 0.05) is 28.9 Å². The summed E-state index contributed by atoms with van der Waals surface area (Å²) in [7, 11) is 0. The maximum Gasteiger partial charge on any atom is 0.176 e. The molecule has 5 heteroatoms. The number of aromatic nitrogens is 2. The molecule has 0 radical (unpaired) electrons. The summed E-state index contributed by atoms with van der Waals surface area (Å²) in [5.41, 5.74) is 2.11. The number of Topliss-reactive ketones (excluding diaryl/α,β-unsaturated/α-hetero) is 1. The molecule has 4 nitrogen and oxygen atoms in total. The molecule has 0 aliphatic carbocycles. The van der Waals surface area contributed by atoms with Gasteiger partial charge in [-0.1, -0.05) is 29.8 Å². The SMILES string of the molecule is O=C(c1c[nH]c2nccc(Cl)c12)C1COc2ccccc21. The number of benzene rings is 1. The summed E-state index contributed by atoms with van der Waals surface area (Å²) >= 11 is 6.21. The molecule has 21 heavy (non-hydrogen) atoms. The van der Waals surface area contributed by atoms with E-state index in [1.807, 2.05) is 24.3 Å². The van der Waals surface area contributed by atoms with Gasteiger partial charge in [-0.3, -0.25) is 4.79 Å². The molecule has 3 heterocycles. The zero-order valence-corrected chi connectivity index (χ0v) is 11.7. The van der Waals surface area contributed by atoms with Crippen molar-refractivity contribution in [1.82, 2.24) is 9.97 Å². The Hall–Kier alpha value is -2.33. The van der Waals surface area contributed by atoms with Gasteiger partial charge in [-0.05, 0) is 12.1 Å². The van der Waals surface area contributed by atoms with Gasteiger partial charge in [0.2, 0.25) is 0 Å². The van der Waals surface area contributed by atoms with E-state index in [-0.39, 0.29) is 11.7 Å². The summed E-state index contributed by atoms with van der Waals surface area (Å²) in [6.45, 7) is 0.364. The molecule has 1 unspecified atom stereocenters. The maximum atomic E-state index is 12.9. The van der Waals surface area contributed by atoms with Gasteiger partial charge in [0.05, 0.1) is 10.9 Å². The Labute approximate surface area is 125 Å². The minimum atomic E-state index is -0.295. The largest absolute Gasteiger partial charge is 0.492 e. The lowest BCUT2D eigenvalue weighted by Gasteiger charge is -2.07. The Bertz CT molecular complexity index is 856. The summed E-state index contributed by atoms with van der Waals surface area (Å²) in [5.74, 6) is 0.484. The number of nitrogens with one attached hydrogen (secondary N) is 1. The van der Waals surface area contributed by atoms with Gasteiger partial charge in [-0.2, -0.15) is 0 Å². The van der Waals surface area contributed by atoms with Gasteiger partial charge in [-0.15, -0.1) is 0 Å². The van der Waals surface area contributed by atoms with Gasteiger partial charge in [0.15, 0.2) is 5.78 Å². The summed E-state index contributed by atoms with van der Waals surface area (Å²) < 4.78 is 5.59. The lowest BCUT2D eigenvalue weighted by atomic mass is 9.92. The maximum absolute atomic E-state index is 12.9. The van der Waals surface area contributed by atoms with Crippen LogP contribution in [0.4, 0.5) is 0 Å². The van der Waals surface area contributed by atoms with E-state index in [0.717, 1.165) is 11.3 Å². The summed E-state index contributed by atoms with van der Waals surface area (Å²) in [5, 5.41) is 1.20. The average Bonchev–Trinajstić information content (AvgIpc) is 3.11. The first kappa shape index (κ1) is 12.4. The molecule has 104 valence electrons. The number of hydrogen-bond acceptors (Lipinski definition) is 3. The Morgan fingerprint density at radius 1 is 1.33 bits per heavy atom. The minimum absolute atomic E-state index is 0.00102. The van der Waals surface area contributed by atoms with E-state index in [4.69, 9.17) is 16.3 Å². The second-order valence-corrected chi connectivity index (χ2v) is 5.39. The smallest absolute Gasteiger partial charge is 0.176 e. The first-order valence-electron chi connectivity index (χ1n) is 6.63. The number of halogens is 1. The van der Waals surface area contributed by atoms with Crippen LogP contribution < -0.4 is 4.74 Å². The zero-order valence-electron chi connectivity index (χ0n) is 11.0. The van der Waals surface area contributed by atoms with Crippen LogP contribution in [0.2, 0.25) is 5.02 Å². The summed E-state index contributed by atoms with van der Waals surface area (Å²) in [4.78, 5) is 20.0. The van der Waals surface area contributed by atoms with Crippen LogP contribution in [0.3, 0.4) is 0 Å². The number of aromatic amines is 1. The lowest BCUT2D eigenvalue weighted by molar-refractivity contribution is 0.0949. The first-order chi connectivity index (χ1) is 10.3. The van der Waals surface area contributed by atoms with Gasteiger partial charge in [0.25, 0.3) is 0 Å². The van der Waals surface area contributed by atoms with Crippen molar-refractivity contribution in [2.75, 3.05) is 6.61 Å². The molecule has 1 atom stereocenters. The highest BCUT2D eigenvalue weighted by Crippen LogP contribution is 2.37. The van der Waals surface area contributed by atoms with E-state index in [1.54, 1.807) is 18.5 Å². The number of rotatable bonds is 2. The molecule has 4 rings (SSSR count). The van der Waals surface area contributed by atoms with Crippen molar-refractivity contribution in [3.05, 3.63) is 58.9 Å². The Balaban J connectivity index is 1.82. The molecule has 1 aliphatic heterocycles. The molecule has 1 aliphatic rings. The normalized spacial score (nSPS) is 16.7. The zero-order chi connectivity index (χ0) is 14.4. The van der Waals surface area contributed by atoms with Crippen molar-refractivity contribution in [3.63, 3.8) is 0 Å². The highest BCUT2D eigenvalue weighted by molar-refractivity contribution is 6.36. The van der Waals surface area contributed by atoms with Crippen molar-refractivity contribution in [3.8, 4) is 5.75 Å². The van der Waals surface area contributed by atoms with E-state index in [1.165, 1.54) is 0 Å². The number of carbonyl (C=O) groups excluding carboxylic acids is 1. The van der Waals surface area contributed by atoms with Crippen LogP contribution in [0.1, 0.15) is 21.8 Å². The molecule has 0 spiro atoms. The van der Waals surface area contributed by atoms with E-state index in [0.29, 0.717) is 28.2 Å². The summed E-state index contributed by atoms with van der Waals surface area (Å²) in [6, 6.07) is 9.31. The van der Waals surface area contributed by atoms with Crippen LogP contribution in [-0.2, 0) is 0 Å². The van der Waals surface area contributed by atoms with Crippen LogP contribution in [0.15, 0.2) is 42.7 Å². The number of hydrogen-bond donors (Lipinski definition) is 1. The molecule has 0 saturated carbocycles. The molecule has 0 amide bonds. The number of ketones is 1. The van der Waals surface area contributed by atoms with Crippen molar-refractivity contribution in [1.29, 1.82) is 0 Å². The van der Waals surface area contributed by atoms with Crippen molar-refractivity contribution in [2.45, 2.75) is 5.92 Å². The number of pyridine rings is 1. The van der Waals surface area contributed by atoms with Gasteiger partial charge < -0.3 is 9.72 Å². The van der Waals surface area contributed by atoms with Gasteiger partial charge in [0.1, 0.15) is 18.0 Å². The molecule has 0 saturated heterocycles. The van der Waals surface area contributed by atoms with E-state index in [2.05, 4.69) is 9.97 Å². The van der Waals surface area contributed by atoms with Crippen LogP contribution in [0.5, 0.6) is 5.75 Å². The molecule has 1 aromatic carbocycles. The predicted octanol–water partition coefficient (Wildman–Crippen LogP) is 3.58. The van der Waals surface area contributed by atoms with Crippen molar-refractivity contribution >= 4 is 28.4 Å². The second kappa shape index (κ2) is 4.60. The van der Waals surface area contributed by atoms with Gasteiger partial charge >= 0.3 is 0 Å². The Kier molecular flexibility index (Phi) is 2.72. The third-order valence-corrected chi connectivity index (χ3v) is 4.12. The number of nitrogens with zero attached hydrogens (tertiary/aromatic N) is 1. The standard InChI is InChI=1S/C16H11ClN2O2/c17-12-5-6-18-16-14(12)10(7-19-16)15(20)11-8-21-13-4-2-1-3-9(11)13/h1-7,11H,8H2,(H,18,19). The molecular formula is C16H11ClN2O2. The second-order valence-electron chi connectivity index (χ2n) is 4.98. The number of ether oxygens (including phenoxy) is 1. The fourth-order valence-corrected chi connectivity index (χ4v) is 3.03. The molecule has 0 bridgehead atoms. The Morgan fingerprint density at radius 2 is 2.19 bits per heavy atom. The van der Waals surface area contributed by atoms with Gasteiger partial charge in [-0.25, -0.2) is 4.98 Å². The number of H-pyrrole nitrogens is 1. The molecular weight excluding hydrogens is 288 g/mol. The van der Waals surface area contributed by atoms with Crippen LogP contribution in [-0.4, -0.2) is 22.4 Å². The highest BCUT2D eigenvalue weighted by atomic mass is 35.5. The van der Waals surface area contributed by atoms with Crippen LogP contribution in [0, 0.1) is 0 Å². The summed E-state index contributed by atoms with van der Waals surface area (Å²) in [6.07, 6.45) is 3.29. The third kappa shape index (κ3) is 1.83. The third-order valence-electron chi connectivity index (χ3n) is 3.80. The number of fused-ring (bicyclic) bond motifs is 2. The fourth-order valence-electron chi connectivity index (χ4n) is 2.78. The van der Waals surface area contributed by atoms with E-state index < -0.39 is 0 Å².